The molecule has 3 heterocycles. The summed E-state index contributed by atoms with van der Waals surface area (Å²) in [6, 6.07) is 79.1. The van der Waals surface area contributed by atoms with Crippen molar-refractivity contribution in [3.63, 3.8) is 0 Å². The summed E-state index contributed by atoms with van der Waals surface area (Å²) in [4.78, 5) is 15.7. The molecule has 0 aliphatic carbocycles. The average molecular weight is 828 g/mol. The highest BCUT2D eigenvalue weighted by molar-refractivity contribution is 6.27. The summed E-state index contributed by atoms with van der Waals surface area (Å²) < 4.78 is 6.76. The van der Waals surface area contributed by atoms with Crippen molar-refractivity contribution in [1.29, 1.82) is 0 Å². The Morgan fingerprint density at radius 2 is 0.815 bits per heavy atom. The Morgan fingerprint density at radius 1 is 0.292 bits per heavy atom. The van der Waals surface area contributed by atoms with Crippen molar-refractivity contribution in [2.24, 2.45) is 0 Å². The van der Waals surface area contributed by atoms with Crippen LogP contribution in [0.2, 0.25) is 0 Å². The third-order valence-corrected chi connectivity index (χ3v) is 12.9. The third kappa shape index (κ3) is 6.18. The van der Waals surface area contributed by atoms with Gasteiger partial charge in [0.2, 0.25) is 0 Å². The smallest absolute Gasteiger partial charge is 0.162 e. The van der Waals surface area contributed by atoms with Gasteiger partial charge >= 0.3 is 0 Å². The highest BCUT2D eigenvalue weighted by atomic mass is 16.3. The largest absolute Gasteiger partial charge is 0.454 e. The van der Waals surface area contributed by atoms with Crippen LogP contribution in [-0.2, 0) is 0 Å². The first-order chi connectivity index (χ1) is 32.2. The molecular weight excluding hydrogens is 791 g/mol. The van der Waals surface area contributed by atoms with Gasteiger partial charge in [0.05, 0.1) is 16.9 Å². The Hall–Kier alpha value is -8.73. The lowest BCUT2D eigenvalue weighted by molar-refractivity contribution is 0.669. The zero-order valence-electron chi connectivity index (χ0n) is 35.1. The van der Waals surface area contributed by atoms with Crippen LogP contribution in [0.1, 0.15) is 0 Å². The van der Waals surface area contributed by atoms with Gasteiger partial charge in [-0.1, -0.05) is 200 Å². The lowest BCUT2D eigenvalue weighted by Gasteiger charge is -2.14. The van der Waals surface area contributed by atoms with Gasteiger partial charge < -0.3 is 4.42 Å². The molecule has 0 amide bonds. The molecule has 4 nitrogen and oxygen atoms in total. The fourth-order valence-electron chi connectivity index (χ4n) is 9.76. The van der Waals surface area contributed by atoms with Gasteiger partial charge in [0.1, 0.15) is 11.3 Å². The molecule has 0 atom stereocenters. The van der Waals surface area contributed by atoms with Crippen molar-refractivity contribution in [2.45, 2.75) is 0 Å². The molecular formula is C61H37N3O. The van der Waals surface area contributed by atoms with E-state index in [0.29, 0.717) is 5.82 Å². The van der Waals surface area contributed by atoms with E-state index >= 15 is 0 Å². The van der Waals surface area contributed by atoms with E-state index < -0.39 is 0 Å². The number of hydrogen-bond donors (Lipinski definition) is 0. The molecule has 13 rings (SSSR count). The first kappa shape index (κ1) is 36.9. The molecule has 13 aromatic rings. The van der Waals surface area contributed by atoms with Crippen LogP contribution in [0, 0.1) is 0 Å². The Labute approximate surface area is 374 Å². The van der Waals surface area contributed by atoms with Crippen LogP contribution in [0.4, 0.5) is 0 Å². The third-order valence-electron chi connectivity index (χ3n) is 12.9. The van der Waals surface area contributed by atoms with E-state index in [1.807, 2.05) is 42.5 Å². The quantitative estimate of drug-likeness (QED) is 0.157. The van der Waals surface area contributed by atoms with E-state index in [2.05, 4.69) is 182 Å². The summed E-state index contributed by atoms with van der Waals surface area (Å²) in [7, 11) is 0. The van der Waals surface area contributed by atoms with Gasteiger partial charge in [-0.15, -0.1) is 0 Å². The normalized spacial score (nSPS) is 11.7. The highest BCUT2D eigenvalue weighted by Crippen LogP contribution is 2.44. The van der Waals surface area contributed by atoms with Crippen LogP contribution < -0.4 is 0 Å². The minimum absolute atomic E-state index is 0.701. The SMILES string of the molecule is c1ccc(-c2cc(-c3cccc(-c4ccc(-c5cccc6c5nc(-c5ccc7c8ccccc8c8ccccc8c7c5)c5oc7ccccc7c56)cc4)c3)nc(-c3ccccc3)n2)cc1. The van der Waals surface area contributed by atoms with Crippen LogP contribution in [0.3, 0.4) is 0 Å². The highest BCUT2D eigenvalue weighted by Gasteiger charge is 2.21. The molecule has 3 aromatic heterocycles. The van der Waals surface area contributed by atoms with Crippen molar-refractivity contribution >= 4 is 65.2 Å². The summed E-state index contributed by atoms with van der Waals surface area (Å²) in [6.45, 7) is 0. The van der Waals surface area contributed by atoms with Crippen molar-refractivity contribution in [3.8, 4) is 67.4 Å². The molecule has 0 aliphatic rings. The number of furan rings is 1. The molecule has 0 bridgehead atoms. The summed E-state index contributed by atoms with van der Waals surface area (Å²) in [5.41, 5.74) is 13.6. The maximum absolute atomic E-state index is 6.76. The Balaban J connectivity index is 0.937. The number of fused-ring (bicyclic) bond motifs is 11. The molecule has 0 spiro atoms. The van der Waals surface area contributed by atoms with Crippen molar-refractivity contribution < 1.29 is 4.42 Å². The maximum atomic E-state index is 6.76. The van der Waals surface area contributed by atoms with Crippen LogP contribution in [0.15, 0.2) is 229 Å². The second kappa shape index (κ2) is 15.0. The van der Waals surface area contributed by atoms with E-state index in [0.717, 1.165) is 94.4 Å². The number of pyridine rings is 1. The van der Waals surface area contributed by atoms with Crippen molar-refractivity contribution in [1.82, 2.24) is 15.0 Å². The first-order valence-corrected chi connectivity index (χ1v) is 22.0. The molecule has 0 aliphatic heterocycles. The fraction of sp³-hybridized carbons (Fsp3) is 0. The summed E-state index contributed by atoms with van der Waals surface area (Å²) >= 11 is 0. The summed E-state index contributed by atoms with van der Waals surface area (Å²) in [5.74, 6) is 0.701. The minimum atomic E-state index is 0.701. The summed E-state index contributed by atoms with van der Waals surface area (Å²) in [5, 5.41) is 10.6. The van der Waals surface area contributed by atoms with Gasteiger partial charge in [-0.3, -0.25) is 0 Å². The topological polar surface area (TPSA) is 51.8 Å². The maximum Gasteiger partial charge on any atom is 0.162 e. The second-order valence-corrected chi connectivity index (χ2v) is 16.7. The average Bonchev–Trinajstić information content (AvgIpc) is 3.79. The zero-order valence-corrected chi connectivity index (χ0v) is 35.1. The molecule has 0 fully saturated rings. The van der Waals surface area contributed by atoms with Crippen LogP contribution in [0.25, 0.3) is 133 Å². The Kier molecular flexibility index (Phi) is 8.50. The monoisotopic (exact) mass is 827 g/mol. The van der Waals surface area contributed by atoms with Crippen LogP contribution >= 0.6 is 0 Å². The van der Waals surface area contributed by atoms with Gasteiger partial charge in [0.15, 0.2) is 11.4 Å². The number of aromatic nitrogens is 3. The van der Waals surface area contributed by atoms with Gasteiger partial charge in [0.25, 0.3) is 0 Å². The van der Waals surface area contributed by atoms with E-state index in [1.165, 1.54) is 32.3 Å². The zero-order chi connectivity index (χ0) is 42.8. The van der Waals surface area contributed by atoms with E-state index in [1.54, 1.807) is 0 Å². The lowest BCUT2D eigenvalue weighted by atomic mass is 9.92. The molecule has 4 heteroatoms. The fourth-order valence-corrected chi connectivity index (χ4v) is 9.76. The van der Waals surface area contributed by atoms with E-state index in [9.17, 15) is 0 Å². The van der Waals surface area contributed by atoms with Gasteiger partial charge in [-0.05, 0) is 73.3 Å². The van der Waals surface area contributed by atoms with Crippen molar-refractivity contribution in [3.05, 3.63) is 224 Å². The first-order valence-electron chi connectivity index (χ1n) is 22.0. The summed E-state index contributed by atoms with van der Waals surface area (Å²) in [6.07, 6.45) is 0. The van der Waals surface area contributed by atoms with E-state index in [4.69, 9.17) is 19.4 Å². The second-order valence-electron chi connectivity index (χ2n) is 16.7. The predicted molar refractivity (Wildman–Crippen MR) is 270 cm³/mol. The molecule has 0 N–H and O–H groups in total. The molecule has 302 valence electrons. The van der Waals surface area contributed by atoms with Crippen LogP contribution in [0.5, 0.6) is 0 Å². The van der Waals surface area contributed by atoms with Crippen LogP contribution in [-0.4, -0.2) is 15.0 Å². The molecule has 10 aromatic carbocycles. The van der Waals surface area contributed by atoms with Gasteiger partial charge in [0, 0.05) is 44.0 Å². The van der Waals surface area contributed by atoms with E-state index in [-0.39, 0.29) is 0 Å². The predicted octanol–water partition coefficient (Wildman–Crippen LogP) is 16.4. The number of rotatable bonds is 6. The minimum Gasteiger partial charge on any atom is -0.454 e. The molecule has 0 unspecified atom stereocenters. The number of hydrogen-bond acceptors (Lipinski definition) is 4. The Morgan fingerprint density at radius 3 is 1.54 bits per heavy atom. The van der Waals surface area contributed by atoms with Crippen molar-refractivity contribution in [2.75, 3.05) is 0 Å². The van der Waals surface area contributed by atoms with Gasteiger partial charge in [-0.25, -0.2) is 15.0 Å². The standard InChI is InChI=1S/C61H37N3O/c1-3-15-40(16-4-1)54-37-55(63-61(62-54)41-17-5-2-6-18-41)43-20-13-19-42(35-43)38-29-31-39(32-30-38)45-26-14-27-52-57-51-25-11-12-28-56(51)65-60(57)58(64-59(45)52)44-33-34-50-48-23-8-7-21-46(48)47-22-9-10-24-49(47)53(50)36-44/h1-37H. The number of nitrogens with zero attached hydrogens (tertiary/aromatic N) is 3. The number of benzene rings is 10. The lowest BCUT2D eigenvalue weighted by Crippen LogP contribution is -1.96. The van der Waals surface area contributed by atoms with Gasteiger partial charge in [-0.2, -0.15) is 0 Å². The molecule has 0 saturated carbocycles. The number of para-hydroxylation sites is 2. The Bertz CT molecular complexity index is 3890. The molecule has 65 heavy (non-hydrogen) atoms. The molecule has 0 saturated heterocycles. The molecule has 0 radical (unpaired) electrons.